The maximum atomic E-state index is 11.9. The topological polar surface area (TPSA) is 107 Å². The number of rotatable bonds is 6. The summed E-state index contributed by atoms with van der Waals surface area (Å²) in [4.78, 5) is 28.6. The molecule has 0 aromatic carbocycles. The Morgan fingerprint density at radius 1 is 1.45 bits per heavy atom. The zero-order chi connectivity index (χ0) is 15.2. The molecule has 112 valence electrons. The van der Waals surface area contributed by atoms with Gasteiger partial charge >= 0.3 is 18.2 Å². The van der Waals surface area contributed by atoms with Crippen molar-refractivity contribution in [3.05, 3.63) is 18.2 Å². The number of carbonyl (C=O) groups is 2. The number of aromatic amines is 1. The van der Waals surface area contributed by atoms with E-state index in [2.05, 4.69) is 15.3 Å². The average Bonchev–Trinajstić information content (AvgIpc) is 2.79. The Morgan fingerprint density at radius 2 is 2.15 bits per heavy atom. The molecule has 0 fully saturated rings. The number of hydrogen-bond acceptors (Lipinski definition) is 3. The van der Waals surface area contributed by atoms with Crippen LogP contribution in [0.15, 0.2) is 12.5 Å². The van der Waals surface area contributed by atoms with E-state index in [1.54, 1.807) is 0 Å². The minimum Gasteiger partial charge on any atom is -0.480 e. The molecule has 1 atom stereocenters. The van der Waals surface area contributed by atoms with Crippen molar-refractivity contribution in [1.82, 2.24) is 20.6 Å². The summed E-state index contributed by atoms with van der Waals surface area (Å²) in [6.45, 7) is -0.619. The fourth-order valence-corrected chi connectivity index (χ4v) is 1.34. The Hall–Kier alpha value is -2.26. The number of hydrogen-bond donors (Lipinski definition) is 4. The van der Waals surface area contributed by atoms with Gasteiger partial charge in [0.2, 0.25) is 0 Å². The average molecular weight is 294 g/mol. The van der Waals surface area contributed by atoms with Gasteiger partial charge in [-0.1, -0.05) is 0 Å². The van der Waals surface area contributed by atoms with Gasteiger partial charge in [0.15, 0.2) is 0 Å². The SMILES string of the molecule is O=C(NCCC(F)(F)F)N[C@@H](Cc1cnc[nH]1)C(=O)O. The van der Waals surface area contributed by atoms with Crippen molar-refractivity contribution in [1.29, 1.82) is 0 Å². The number of halogens is 3. The molecule has 0 aliphatic heterocycles. The molecule has 0 unspecified atom stereocenters. The monoisotopic (exact) mass is 294 g/mol. The summed E-state index contributed by atoms with van der Waals surface area (Å²) in [5.74, 6) is -1.30. The van der Waals surface area contributed by atoms with Gasteiger partial charge in [-0.2, -0.15) is 13.2 Å². The van der Waals surface area contributed by atoms with Gasteiger partial charge in [0.05, 0.1) is 12.7 Å². The van der Waals surface area contributed by atoms with Gasteiger partial charge in [-0.3, -0.25) is 0 Å². The summed E-state index contributed by atoms with van der Waals surface area (Å²) in [5.41, 5.74) is 0.480. The Balaban J connectivity index is 2.41. The summed E-state index contributed by atoms with van der Waals surface area (Å²) >= 11 is 0. The molecule has 0 aliphatic rings. The molecule has 0 radical (unpaired) electrons. The standard InChI is InChI=1S/C10H13F3N4O3/c11-10(12,13)1-2-15-9(20)17-7(8(18)19)3-6-4-14-5-16-6/h4-5,7H,1-3H2,(H,14,16)(H,18,19)(H2,15,17,20)/t7-/m0/s1. The Labute approximate surface area is 111 Å². The summed E-state index contributed by atoms with van der Waals surface area (Å²) in [7, 11) is 0. The highest BCUT2D eigenvalue weighted by molar-refractivity contribution is 5.82. The molecule has 0 saturated heterocycles. The van der Waals surface area contributed by atoms with Crippen LogP contribution in [0.3, 0.4) is 0 Å². The molecule has 10 heteroatoms. The van der Waals surface area contributed by atoms with Crippen molar-refractivity contribution < 1.29 is 27.9 Å². The third-order valence-corrected chi connectivity index (χ3v) is 2.28. The highest BCUT2D eigenvalue weighted by Gasteiger charge is 2.27. The second-order valence-electron chi connectivity index (χ2n) is 3.94. The quantitative estimate of drug-likeness (QED) is 0.618. The van der Waals surface area contributed by atoms with Crippen LogP contribution in [0.2, 0.25) is 0 Å². The predicted octanol–water partition coefficient (Wildman–Crippen LogP) is 0.657. The highest BCUT2D eigenvalue weighted by Crippen LogP contribution is 2.17. The van der Waals surface area contributed by atoms with Crippen molar-refractivity contribution in [3.63, 3.8) is 0 Å². The van der Waals surface area contributed by atoms with E-state index < -0.39 is 37.2 Å². The third kappa shape index (κ3) is 6.07. The summed E-state index contributed by atoms with van der Waals surface area (Å²) in [6, 6.07) is -2.23. The van der Waals surface area contributed by atoms with Gasteiger partial charge < -0.3 is 20.7 Å². The number of aromatic nitrogens is 2. The van der Waals surface area contributed by atoms with Crippen molar-refractivity contribution >= 4 is 12.0 Å². The van der Waals surface area contributed by atoms with Crippen LogP contribution >= 0.6 is 0 Å². The predicted molar refractivity (Wildman–Crippen MR) is 60.9 cm³/mol. The van der Waals surface area contributed by atoms with E-state index in [0.717, 1.165) is 0 Å². The van der Waals surface area contributed by atoms with Crippen LogP contribution in [-0.4, -0.2) is 45.8 Å². The molecule has 0 bridgehead atoms. The van der Waals surface area contributed by atoms with Gasteiger partial charge in [0.25, 0.3) is 0 Å². The number of alkyl halides is 3. The van der Waals surface area contributed by atoms with E-state index in [1.165, 1.54) is 12.5 Å². The lowest BCUT2D eigenvalue weighted by Gasteiger charge is -2.14. The number of aliphatic carboxylic acids is 1. The molecule has 0 saturated carbocycles. The van der Waals surface area contributed by atoms with E-state index in [4.69, 9.17) is 5.11 Å². The number of urea groups is 1. The minimum absolute atomic E-state index is 0.0535. The lowest BCUT2D eigenvalue weighted by atomic mass is 10.2. The number of nitrogens with one attached hydrogen (secondary N) is 3. The van der Waals surface area contributed by atoms with Crippen LogP contribution in [0.5, 0.6) is 0 Å². The van der Waals surface area contributed by atoms with Crippen molar-refractivity contribution in [2.45, 2.75) is 25.1 Å². The normalized spacial score (nSPS) is 12.8. The molecule has 1 aromatic rings. The maximum absolute atomic E-state index is 11.9. The highest BCUT2D eigenvalue weighted by atomic mass is 19.4. The van der Waals surface area contributed by atoms with E-state index in [1.807, 2.05) is 5.32 Å². The first-order valence-electron chi connectivity index (χ1n) is 5.59. The molecule has 0 aliphatic carbocycles. The number of carboxylic acid groups (broad SMARTS) is 1. The molecule has 1 aromatic heterocycles. The summed E-state index contributed by atoms with van der Waals surface area (Å²) in [6.07, 6.45) is -2.88. The lowest BCUT2D eigenvalue weighted by Crippen LogP contribution is -2.47. The number of imidazole rings is 1. The molecule has 1 rings (SSSR count). The van der Waals surface area contributed by atoms with Crippen LogP contribution in [0.25, 0.3) is 0 Å². The number of carboxylic acids is 1. The van der Waals surface area contributed by atoms with Crippen molar-refractivity contribution in [2.24, 2.45) is 0 Å². The van der Waals surface area contributed by atoms with Gasteiger partial charge in [-0.15, -0.1) is 0 Å². The van der Waals surface area contributed by atoms with Crippen LogP contribution < -0.4 is 10.6 Å². The van der Waals surface area contributed by atoms with Crippen LogP contribution in [-0.2, 0) is 11.2 Å². The first kappa shape index (κ1) is 15.8. The fourth-order valence-electron chi connectivity index (χ4n) is 1.34. The Morgan fingerprint density at radius 3 is 2.65 bits per heavy atom. The first-order valence-corrected chi connectivity index (χ1v) is 5.59. The molecule has 2 amide bonds. The van der Waals surface area contributed by atoms with E-state index in [9.17, 15) is 22.8 Å². The van der Waals surface area contributed by atoms with Crippen LogP contribution in [0.4, 0.5) is 18.0 Å². The molecular weight excluding hydrogens is 281 g/mol. The van der Waals surface area contributed by atoms with Crippen LogP contribution in [0.1, 0.15) is 12.1 Å². The number of nitrogens with zero attached hydrogens (tertiary/aromatic N) is 1. The second kappa shape index (κ2) is 6.78. The van der Waals surface area contributed by atoms with E-state index >= 15 is 0 Å². The van der Waals surface area contributed by atoms with Crippen LogP contribution in [0, 0.1) is 0 Å². The lowest BCUT2D eigenvalue weighted by molar-refractivity contribution is -0.139. The van der Waals surface area contributed by atoms with Gasteiger partial charge in [-0.05, 0) is 0 Å². The van der Waals surface area contributed by atoms with E-state index in [-0.39, 0.29) is 6.42 Å². The summed E-state index contributed by atoms with van der Waals surface area (Å²) in [5, 5.41) is 12.9. The zero-order valence-electron chi connectivity index (χ0n) is 10.2. The summed E-state index contributed by atoms with van der Waals surface area (Å²) < 4.78 is 35.6. The van der Waals surface area contributed by atoms with Crippen molar-refractivity contribution in [2.75, 3.05) is 6.54 Å². The number of carbonyl (C=O) groups excluding carboxylic acids is 1. The second-order valence-corrected chi connectivity index (χ2v) is 3.94. The van der Waals surface area contributed by atoms with Gasteiger partial charge in [0, 0.05) is 24.9 Å². The largest absolute Gasteiger partial charge is 0.480 e. The molecular formula is C10H13F3N4O3. The van der Waals surface area contributed by atoms with Crippen molar-refractivity contribution in [3.8, 4) is 0 Å². The number of amides is 2. The molecule has 1 heterocycles. The Kier molecular flexibility index (Phi) is 5.35. The minimum atomic E-state index is -4.38. The fraction of sp³-hybridized carbons (Fsp3) is 0.500. The first-order chi connectivity index (χ1) is 9.28. The number of H-pyrrole nitrogens is 1. The molecule has 7 nitrogen and oxygen atoms in total. The zero-order valence-corrected chi connectivity index (χ0v) is 10.2. The molecule has 20 heavy (non-hydrogen) atoms. The third-order valence-electron chi connectivity index (χ3n) is 2.28. The molecule has 4 N–H and O–H groups in total. The van der Waals surface area contributed by atoms with E-state index in [0.29, 0.717) is 5.69 Å². The maximum Gasteiger partial charge on any atom is 0.390 e. The smallest absolute Gasteiger partial charge is 0.390 e. The Bertz CT molecular complexity index is 447. The van der Waals surface area contributed by atoms with Gasteiger partial charge in [0.1, 0.15) is 6.04 Å². The molecule has 0 spiro atoms. The van der Waals surface area contributed by atoms with Gasteiger partial charge in [-0.25, -0.2) is 14.6 Å².